The zero-order valence-electron chi connectivity index (χ0n) is 7.50. The molecule has 0 bridgehead atoms. The van der Waals surface area contributed by atoms with Gasteiger partial charge < -0.3 is 5.32 Å². The largest absolute Gasteiger partial charge is 0.366 e. The highest BCUT2D eigenvalue weighted by atomic mass is 127. The van der Waals surface area contributed by atoms with Gasteiger partial charge in [-0.2, -0.15) is 5.10 Å². The van der Waals surface area contributed by atoms with Crippen molar-refractivity contribution >= 4 is 28.4 Å². The number of benzene rings is 1. The van der Waals surface area contributed by atoms with Gasteiger partial charge in [0.05, 0.1) is 6.20 Å². The van der Waals surface area contributed by atoms with E-state index < -0.39 is 0 Å². The van der Waals surface area contributed by atoms with Gasteiger partial charge in [0.15, 0.2) is 0 Å². The lowest BCUT2D eigenvalue weighted by Crippen LogP contribution is -2.01. The van der Waals surface area contributed by atoms with E-state index in [9.17, 15) is 0 Å². The van der Waals surface area contributed by atoms with Crippen molar-refractivity contribution in [3.8, 4) is 0 Å². The van der Waals surface area contributed by atoms with Gasteiger partial charge in [-0.3, -0.25) is 5.10 Å². The van der Waals surface area contributed by atoms with Crippen molar-refractivity contribution in [1.82, 2.24) is 10.2 Å². The summed E-state index contributed by atoms with van der Waals surface area (Å²) in [7, 11) is 0. The fourth-order valence-electron chi connectivity index (χ4n) is 1.19. The van der Waals surface area contributed by atoms with Crippen molar-refractivity contribution in [1.29, 1.82) is 0 Å². The zero-order chi connectivity index (χ0) is 9.80. The number of rotatable bonds is 3. The predicted molar refractivity (Wildman–Crippen MR) is 65.1 cm³/mol. The summed E-state index contributed by atoms with van der Waals surface area (Å²) in [6.45, 7) is 0.821. The second-order valence-electron chi connectivity index (χ2n) is 2.92. The quantitative estimate of drug-likeness (QED) is 0.855. The molecule has 0 aliphatic heterocycles. The molecule has 0 radical (unpaired) electrons. The average Bonchev–Trinajstić information content (AvgIpc) is 2.69. The van der Waals surface area contributed by atoms with E-state index in [1.54, 1.807) is 6.20 Å². The maximum atomic E-state index is 3.87. The molecule has 0 aliphatic rings. The van der Waals surface area contributed by atoms with Gasteiger partial charge in [0.2, 0.25) is 0 Å². The molecule has 1 heterocycles. The lowest BCUT2D eigenvalue weighted by atomic mass is 10.2. The number of halogens is 1. The molecule has 0 spiro atoms. The van der Waals surface area contributed by atoms with Crippen molar-refractivity contribution in [2.45, 2.75) is 6.54 Å². The average molecular weight is 299 g/mol. The summed E-state index contributed by atoms with van der Waals surface area (Å²) < 4.78 is 1.28. The van der Waals surface area contributed by atoms with Crippen LogP contribution in [0.4, 0.5) is 5.82 Å². The Balaban J connectivity index is 2.02. The van der Waals surface area contributed by atoms with E-state index >= 15 is 0 Å². The van der Waals surface area contributed by atoms with E-state index in [4.69, 9.17) is 0 Å². The van der Waals surface area contributed by atoms with Crippen LogP contribution in [0.25, 0.3) is 0 Å². The Morgan fingerprint density at radius 2 is 2.14 bits per heavy atom. The number of hydrogen-bond acceptors (Lipinski definition) is 2. The summed E-state index contributed by atoms with van der Waals surface area (Å²) in [5, 5.41) is 9.99. The Morgan fingerprint density at radius 3 is 2.86 bits per heavy atom. The first kappa shape index (κ1) is 9.51. The molecule has 1 aromatic carbocycles. The van der Waals surface area contributed by atoms with Crippen LogP contribution in [0.15, 0.2) is 36.5 Å². The van der Waals surface area contributed by atoms with Gasteiger partial charge in [-0.05, 0) is 40.3 Å². The molecule has 0 saturated heterocycles. The molecular formula is C10H10IN3. The third-order valence-electron chi connectivity index (χ3n) is 1.93. The molecule has 2 rings (SSSR count). The minimum Gasteiger partial charge on any atom is -0.366 e. The third-order valence-corrected chi connectivity index (χ3v) is 2.98. The van der Waals surface area contributed by atoms with Crippen LogP contribution in [0.2, 0.25) is 0 Å². The van der Waals surface area contributed by atoms with Crippen molar-refractivity contribution in [2.24, 2.45) is 0 Å². The topological polar surface area (TPSA) is 40.7 Å². The Labute approximate surface area is 96.1 Å². The van der Waals surface area contributed by atoms with Crippen LogP contribution in [0.5, 0.6) is 0 Å². The number of nitrogens with zero attached hydrogens (tertiary/aromatic N) is 1. The molecule has 1 aromatic heterocycles. The molecule has 0 fully saturated rings. The van der Waals surface area contributed by atoms with Gasteiger partial charge in [0.25, 0.3) is 0 Å². The van der Waals surface area contributed by atoms with E-state index in [-0.39, 0.29) is 0 Å². The van der Waals surface area contributed by atoms with Gasteiger partial charge in [-0.15, -0.1) is 0 Å². The first-order valence-corrected chi connectivity index (χ1v) is 5.41. The van der Waals surface area contributed by atoms with Crippen LogP contribution in [-0.2, 0) is 6.54 Å². The molecule has 2 N–H and O–H groups in total. The molecule has 72 valence electrons. The summed E-state index contributed by atoms with van der Waals surface area (Å²) in [5.74, 6) is 0.949. The van der Waals surface area contributed by atoms with Gasteiger partial charge >= 0.3 is 0 Å². The minimum absolute atomic E-state index is 0.821. The molecule has 2 aromatic rings. The van der Waals surface area contributed by atoms with Crippen molar-refractivity contribution in [2.75, 3.05) is 5.32 Å². The maximum absolute atomic E-state index is 3.87. The molecule has 0 unspecified atom stereocenters. The van der Waals surface area contributed by atoms with Crippen LogP contribution in [0.1, 0.15) is 5.56 Å². The SMILES string of the molecule is Ic1ccccc1CNc1ccn[nH]1. The highest BCUT2D eigenvalue weighted by Crippen LogP contribution is 2.12. The van der Waals surface area contributed by atoms with Gasteiger partial charge in [-0.1, -0.05) is 18.2 Å². The highest BCUT2D eigenvalue weighted by molar-refractivity contribution is 14.1. The molecule has 0 amide bonds. The first-order valence-electron chi connectivity index (χ1n) is 4.33. The molecule has 4 heteroatoms. The second kappa shape index (κ2) is 4.45. The Bertz CT molecular complexity index is 398. The van der Waals surface area contributed by atoms with Crippen molar-refractivity contribution < 1.29 is 0 Å². The molecule has 0 saturated carbocycles. The summed E-state index contributed by atoms with van der Waals surface area (Å²) >= 11 is 2.34. The molecular weight excluding hydrogens is 289 g/mol. The van der Waals surface area contributed by atoms with Gasteiger partial charge in [-0.25, -0.2) is 0 Å². The molecule has 0 aliphatic carbocycles. The van der Waals surface area contributed by atoms with Crippen LogP contribution in [0.3, 0.4) is 0 Å². The molecule has 0 atom stereocenters. The van der Waals surface area contributed by atoms with E-state index in [0.29, 0.717) is 0 Å². The van der Waals surface area contributed by atoms with Crippen molar-refractivity contribution in [3.63, 3.8) is 0 Å². The van der Waals surface area contributed by atoms with Crippen molar-refractivity contribution in [3.05, 3.63) is 45.7 Å². The Morgan fingerprint density at radius 1 is 1.29 bits per heavy atom. The van der Waals surface area contributed by atoms with Crippen LogP contribution < -0.4 is 5.32 Å². The summed E-state index contributed by atoms with van der Waals surface area (Å²) in [6.07, 6.45) is 1.73. The lowest BCUT2D eigenvalue weighted by molar-refractivity contribution is 1.05. The number of aromatic nitrogens is 2. The fraction of sp³-hybridized carbons (Fsp3) is 0.100. The fourth-order valence-corrected chi connectivity index (χ4v) is 1.76. The summed E-state index contributed by atoms with van der Waals surface area (Å²) in [5.41, 5.74) is 1.29. The normalized spacial score (nSPS) is 10.1. The smallest absolute Gasteiger partial charge is 0.121 e. The standard InChI is InChI=1S/C10H10IN3/c11-9-4-2-1-3-8(9)7-12-10-5-6-13-14-10/h1-6H,7H2,(H2,12,13,14). The van der Waals surface area contributed by atoms with Crippen LogP contribution in [-0.4, -0.2) is 10.2 Å². The van der Waals surface area contributed by atoms with E-state index in [2.05, 4.69) is 50.2 Å². The van der Waals surface area contributed by atoms with Crippen LogP contribution in [0, 0.1) is 3.57 Å². The Hall–Kier alpha value is -1.04. The number of nitrogens with one attached hydrogen (secondary N) is 2. The zero-order valence-corrected chi connectivity index (χ0v) is 9.65. The Kier molecular flexibility index (Phi) is 3.03. The monoisotopic (exact) mass is 299 g/mol. The highest BCUT2D eigenvalue weighted by Gasteiger charge is 1.98. The third kappa shape index (κ3) is 2.25. The van der Waals surface area contributed by atoms with Gasteiger partial charge in [0.1, 0.15) is 5.82 Å². The summed E-state index contributed by atoms with van der Waals surface area (Å²) in [4.78, 5) is 0. The number of hydrogen-bond donors (Lipinski definition) is 2. The first-order chi connectivity index (χ1) is 6.86. The van der Waals surface area contributed by atoms with Gasteiger partial charge in [0, 0.05) is 10.1 Å². The maximum Gasteiger partial charge on any atom is 0.121 e. The summed E-state index contributed by atoms with van der Waals surface area (Å²) in [6, 6.07) is 10.2. The number of aromatic amines is 1. The van der Waals surface area contributed by atoms with E-state index in [1.807, 2.05) is 18.2 Å². The number of H-pyrrole nitrogens is 1. The van der Waals surface area contributed by atoms with E-state index in [0.717, 1.165) is 12.4 Å². The predicted octanol–water partition coefficient (Wildman–Crippen LogP) is 2.63. The second-order valence-corrected chi connectivity index (χ2v) is 4.08. The molecule has 3 nitrogen and oxygen atoms in total. The minimum atomic E-state index is 0.821. The van der Waals surface area contributed by atoms with E-state index in [1.165, 1.54) is 9.13 Å². The lowest BCUT2D eigenvalue weighted by Gasteiger charge is -2.05. The molecule has 14 heavy (non-hydrogen) atoms. The number of anilines is 1. The van der Waals surface area contributed by atoms with Crippen LogP contribution >= 0.6 is 22.6 Å².